The predicted molar refractivity (Wildman–Crippen MR) is 53.8 cm³/mol. The highest BCUT2D eigenvalue weighted by Crippen LogP contribution is 2.11. The largest absolute Gasteiger partial charge is 0.395 e. The van der Waals surface area contributed by atoms with Gasteiger partial charge >= 0.3 is 5.69 Å². The highest BCUT2D eigenvalue weighted by molar-refractivity contribution is 7.16. The predicted octanol–water partition coefficient (Wildman–Crippen LogP) is -0.256. The van der Waals surface area contributed by atoms with Crippen LogP contribution < -0.4 is 11.2 Å². The highest BCUT2D eigenvalue weighted by atomic mass is 32.1. The Morgan fingerprint density at radius 2 is 2.29 bits per heavy atom. The molecule has 0 aliphatic rings. The van der Waals surface area contributed by atoms with E-state index in [0.717, 1.165) is 4.57 Å². The van der Waals surface area contributed by atoms with Crippen molar-refractivity contribution in [1.82, 2.24) is 9.55 Å². The van der Waals surface area contributed by atoms with Gasteiger partial charge in [-0.15, -0.1) is 11.3 Å². The normalized spacial score (nSPS) is 10.9. The fraction of sp³-hybridized carbons (Fsp3) is 0.250. The molecule has 5 nitrogen and oxygen atoms in total. The smallest absolute Gasteiger partial charge is 0.329 e. The van der Waals surface area contributed by atoms with Crippen LogP contribution in [0.15, 0.2) is 21.0 Å². The molecule has 2 aromatic rings. The molecule has 2 aromatic heterocycles. The Kier molecular flexibility index (Phi) is 2.22. The van der Waals surface area contributed by atoms with Crippen LogP contribution in [0.5, 0.6) is 0 Å². The second-order valence-corrected chi connectivity index (χ2v) is 3.69. The minimum absolute atomic E-state index is 0.0277. The standard InChI is InChI=1S/C8H8N2O3S/c11-3-2-10-7(12)5-1-4-14-6(5)9-8(10)13/h1,4,11H,2-3H2,(H,9,13). The van der Waals surface area contributed by atoms with E-state index in [9.17, 15) is 9.59 Å². The molecule has 0 spiro atoms. The van der Waals surface area contributed by atoms with E-state index < -0.39 is 5.69 Å². The second kappa shape index (κ2) is 3.39. The molecular formula is C8H8N2O3S. The molecule has 2 heterocycles. The first kappa shape index (κ1) is 9.17. The fourth-order valence-electron chi connectivity index (χ4n) is 1.28. The minimum atomic E-state index is -0.473. The summed E-state index contributed by atoms with van der Waals surface area (Å²) in [5.74, 6) is 0. The van der Waals surface area contributed by atoms with E-state index in [2.05, 4.69) is 4.98 Å². The Morgan fingerprint density at radius 3 is 3.00 bits per heavy atom. The lowest BCUT2D eigenvalue weighted by molar-refractivity contribution is 0.272. The Bertz CT molecular complexity index is 566. The maximum atomic E-state index is 11.6. The molecule has 0 aliphatic heterocycles. The first-order valence-corrected chi connectivity index (χ1v) is 4.93. The van der Waals surface area contributed by atoms with Gasteiger partial charge in [0.05, 0.1) is 18.5 Å². The van der Waals surface area contributed by atoms with Crippen molar-refractivity contribution in [1.29, 1.82) is 0 Å². The van der Waals surface area contributed by atoms with E-state index in [1.165, 1.54) is 11.3 Å². The fourth-order valence-corrected chi connectivity index (χ4v) is 2.05. The SMILES string of the molecule is O=c1[nH]c2sccc2c(=O)n1CCO. The van der Waals surface area contributed by atoms with Crippen molar-refractivity contribution in [3.8, 4) is 0 Å². The zero-order chi connectivity index (χ0) is 10.1. The quantitative estimate of drug-likeness (QED) is 0.720. The van der Waals surface area contributed by atoms with Crippen LogP contribution in [0.2, 0.25) is 0 Å². The van der Waals surface area contributed by atoms with E-state index >= 15 is 0 Å². The first-order chi connectivity index (χ1) is 6.74. The molecule has 0 saturated carbocycles. The van der Waals surface area contributed by atoms with Gasteiger partial charge < -0.3 is 5.11 Å². The van der Waals surface area contributed by atoms with Gasteiger partial charge in [0.15, 0.2) is 0 Å². The molecule has 0 atom stereocenters. The lowest BCUT2D eigenvalue weighted by atomic mass is 10.4. The van der Waals surface area contributed by atoms with Gasteiger partial charge in [-0.25, -0.2) is 4.79 Å². The van der Waals surface area contributed by atoms with Gasteiger partial charge in [0.1, 0.15) is 4.83 Å². The number of rotatable bonds is 2. The third kappa shape index (κ3) is 1.28. The number of aromatic nitrogens is 2. The minimum Gasteiger partial charge on any atom is -0.395 e. The van der Waals surface area contributed by atoms with E-state index in [4.69, 9.17) is 5.11 Å². The zero-order valence-electron chi connectivity index (χ0n) is 7.19. The Morgan fingerprint density at radius 1 is 1.50 bits per heavy atom. The van der Waals surface area contributed by atoms with Crippen LogP contribution in [-0.4, -0.2) is 21.3 Å². The summed E-state index contributed by atoms with van der Waals surface area (Å²) in [6, 6.07) is 1.66. The number of nitrogens with zero attached hydrogens (tertiary/aromatic N) is 1. The molecule has 0 aromatic carbocycles. The lowest BCUT2D eigenvalue weighted by Gasteiger charge is -2.00. The van der Waals surface area contributed by atoms with Gasteiger partial charge in [0.2, 0.25) is 0 Å². The van der Waals surface area contributed by atoms with E-state index in [1.54, 1.807) is 11.4 Å². The maximum Gasteiger partial charge on any atom is 0.329 e. The molecule has 2 rings (SSSR count). The molecule has 14 heavy (non-hydrogen) atoms. The lowest BCUT2D eigenvalue weighted by Crippen LogP contribution is -2.35. The van der Waals surface area contributed by atoms with Crippen molar-refractivity contribution >= 4 is 21.6 Å². The van der Waals surface area contributed by atoms with Crippen LogP contribution in [0.1, 0.15) is 0 Å². The van der Waals surface area contributed by atoms with Crippen molar-refractivity contribution in [3.05, 3.63) is 32.3 Å². The molecule has 0 aliphatic carbocycles. The molecule has 0 bridgehead atoms. The van der Waals surface area contributed by atoms with Gasteiger partial charge in [-0.05, 0) is 11.4 Å². The van der Waals surface area contributed by atoms with E-state index in [1.807, 2.05) is 0 Å². The molecule has 2 N–H and O–H groups in total. The number of aliphatic hydroxyl groups excluding tert-OH is 1. The van der Waals surface area contributed by atoms with Crippen LogP contribution in [0.4, 0.5) is 0 Å². The zero-order valence-corrected chi connectivity index (χ0v) is 8.00. The topological polar surface area (TPSA) is 75.1 Å². The van der Waals surface area contributed by atoms with Gasteiger partial charge in [-0.1, -0.05) is 0 Å². The van der Waals surface area contributed by atoms with Crippen molar-refractivity contribution in [2.45, 2.75) is 6.54 Å². The van der Waals surface area contributed by atoms with Gasteiger partial charge in [-0.3, -0.25) is 14.3 Å². The molecule has 6 heteroatoms. The van der Waals surface area contributed by atoms with Crippen molar-refractivity contribution in [3.63, 3.8) is 0 Å². The summed E-state index contributed by atoms with van der Waals surface area (Å²) in [6.45, 7) is -0.196. The number of hydrogen-bond acceptors (Lipinski definition) is 4. The number of aliphatic hydroxyl groups is 1. The van der Waals surface area contributed by atoms with Crippen LogP contribution in [0.3, 0.4) is 0 Å². The Hall–Kier alpha value is -1.40. The van der Waals surface area contributed by atoms with Crippen molar-refractivity contribution < 1.29 is 5.11 Å². The summed E-state index contributed by atoms with van der Waals surface area (Å²) < 4.78 is 0.995. The average molecular weight is 212 g/mol. The number of fused-ring (bicyclic) bond motifs is 1. The Balaban J connectivity index is 2.83. The average Bonchev–Trinajstić information content (AvgIpc) is 2.60. The highest BCUT2D eigenvalue weighted by Gasteiger charge is 2.06. The summed E-state index contributed by atoms with van der Waals surface area (Å²) in [4.78, 5) is 26.1. The molecular weight excluding hydrogens is 204 g/mol. The summed E-state index contributed by atoms with van der Waals surface area (Å²) in [7, 11) is 0. The maximum absolute atomic E-state index is 11.6. The number of hydrogen-bond donors (Lipinski definition) is 2. The van der Waals surface area contributed by atoms with Crippen molar-refractivity contribution in [2.24, 2.45) is 0 Å². The Labute approximate surface area is 82.2 Å². The molecule has 74 valence electrons. The van der Waals surface area contributed by atoms with E-state index in [0.29, 0.717) is 10.2 Å². The third-order valence-corrected chi connectivity index (χ3v) is 2.76. The molecule has 0 saturated heterocycles. The summed E-state index contributed by atoms with van der Waals surface area (Å²) in [6.07, 6.45) is 0. The number of H-pyrrole nitrogens is 1. The van der Waals surface area contributed by atoms with Gasteiger partial charge in [0, 0.05) is 0 Å². The monoisotopic (exact) mass is 212 g/mol. The summed E-state index contributed by atoms with van der Waals surface area (Å²) in [5.41, 5.74) is -0.821. The molecule has 0 unspecified atom stereocenters. The molecule has 0 radical (unpaired) electrons. The number of aromatic amines is 1. The molecule has 0 amide bonds. The van der Waals surface area contributed by atoms with Gasteiger partial charge in [0.25, 0.3) is 5.56 Å². The number of thiophene rings is 1. The van der Waals surface area contributed by atoms with Crippen LogP contribution in [-0.2, 0) is 6.54 Å². The van der Waals surface area contributed by atoms with Crippen LogP contribution in [0, 0.1) is 0 Å². The second-order valence-electron chi connectivity index (χ2n) is 2.77. The summed E-state index contributed by atoms with van der Waals surface area (Å²) >= 11 is 1.31. The van der Waals surface area contributed by atoms with Crippen molar-refractivity contribution in [2.75, 3.05) is 6.61 Å². The number of nitrogens with one attached hydrogen (secondary N) is 1. The third-order valence-electron chi connectivity index (χ3n) is 1.93. The summed E-state index contributed by atoms with van der Waals surface area (Å²) in [5, 5.41) is 10.9. The van der Waals surface area contributed by atoms with Crippen LogP contribution >= 0.6 is 11.3 Å². The molecule has 0 fully saturated rings. The van der Waals surface area contributed by atoms with Crippen LogP contribution in [0.25, 0.3) is 10.2 Å². The van der Waals surface area contributed by atoms with Gasteiger partial charge in [-0.2, -0.15) is 0 Å². The van der Waals surface area contributed by atoms with E-state index in [-0.39, 0.29) is 18.7 Å². The first-order valence-electron chi connectivity index (χ1n) is 4.05.